The van der Waals surface area contributed by atoms with Crippen LogP contribution in [0.25, 0.3) is 0 Å². The third-order valence-corrected chi connectivity index (χ3v) is 5.92. The Hall–Kier alpha value is -2.68. The van der Waals surface area contributed by atoms with Crippen LogP contribution in [-0.4, -0.2) is 47.9 Å². The molecule has 162 valence electrons. The maximum atomic E-state index is 12.2. The minimum Gasteiger partial charge on any atom is -0.311 e. The van der Waals surface area contributed by atoms with Crippen molar-refractivity contribution >= 4 is 47.9 Å². The van der Waals surface area contributed by atoms with Crippen LogP contribution in [0.3, 0.4) is 0 Å². The highest BCUT2D eigenvalue weighted by molar-refractivity contribution is 8.01. The van der Waals surface area contributed by atoms with E-state index in [1.54, 1.807) is 7.05 Å². The summed E-state index contributed by atoms with van der Waals surface area (Å²) in [6.45, 7) is 14.4. The zero-order valence-corrected chi connectivity index (χ0v) is 19.4. The first-order valence-electron chi connectivity index (χ1n) is 9.82. The summed E-state index contributed by atoms with van der Waals surface area (Å²) in [5.41, 5.74) is 2.73. The van der Waals surface area contributed by atoms with Crippen molar-refractivity contribution in [3.8, 4) is 0 Å². The number of amides is 1. The summed E-state index contributed by atoms with van der Waals surface area (Å²) in [7, 11) is 1.65. The van der Waals surface area contributed by atoms with E-state index in [0.29, 0.717) is 30.1 Å². The molecule has 0 unspecified atom stereocenters. The van der Waals surface area contributed by atoms with E-state index in [-0.39, 0.29) is 5.91 Å². The largest absolute Gasteiger partial charge is 0.311 e. The van der Waals surface area contributed by atoms with Crippen LogP contribution in [0.2, 0.25) is 0 Å². The Labute approximate surface area is 182 Å². The van der Waals surface area contributed by atoms with Crippen molar-refractivity contribution in [2.45, 2.75) is 57.1 Å². The predicted molar refractivity (Wildman–Crippen MR) is 128 cm³/mol. The number of nitrogens with zero attached hydrogens (tertiary/aromatic N) is 4. The lowest BCUT2D eigenvalue weighted by Gasteiger charge is -2.29. The van der Waals surface area contributed by atoms with Gasteiger partial charge in [0.1, 0.15) is 11.6 Å². The number of anilines is 2. The Kier molecular flexibility index (Phi) is 8.16. The third kappa shape index (κ3) is 6.41. The second-order valence-corrected chi connectivity index (χ2v) is 9.34. The van der Waals surface area contributed by atoms with Gasteiger partial charge in [-0.1, -0.05) is 11.1 Å². The molecule has 1 aromatic rings. The van der Waals surface area contributed by atoms with E-state index in [1.165, 1.54) is 22.9 Å². The third-order valence-electron chi connectivity index (χ3n) is 4.68. The first-order chi connectivity index (χ1) is 14.2. The van der Waals surface area contributed by atoms with Crippen molar-refractivity contribution in [2.75, 3.05) is 24.2 Å². The van der Waals surface area contributed by atoms with Gasteiger partial charge in [0.25, 0.3) is 0 Å². The summed E-state index contributed by atoms with van der Waals surface area (Å²) in [5.74, 6) is 1.84. The molecular formula is C21H31N7OS. The quantitative estimate of drug-likeness (QED) is 0.283. The average Bonchev–Trinajstić information content (AvgIpc) is 2.69. The monoisotopic (exact) mass is 429 g/mol. The zero-order chi connectivity index (χ0) is 22.3. The molecule has 1 aliphatic rings. The standard InChI is InChI=1S/C21H31N7OS/c1-13(2)14(3)9-8-12-24-19(22-6)28-20(23-7)26-16-11-10-15-17(25-16)27-18(29)21(4,5)30-15/h10-11H,6,8-9,12H2,1-5,7H3,(H3,23,24,25,26,27,28,29). The van der Waals surface area contributed by atoms with E-state index < -0.39 is 4.75 Å². The maximum absolute atomic E-state index is 12.2. The number of allylic oxidation sites excluding steroid dienone is 2. The molecule has 30 heavy (non-hydrogen) atoms. The normalized spacial score (nSPS) is 15.7. The molecule has 0 fully saturated rings. The van der Waals surface area contributed by atoms with E-state index in [0.717, 1.165) is 17.7 Å². The molecule has 0 saturated heterocycles. The molecule has 3 N–H and O–H groups in total. The molecular weight excluding hydrogens is 398 g/mol. The predicted octanol–water partition coefficient (Wildman–Crippen LogP) is 4.08. The fourth-order valence-corrected chi connectivity index (χ4v) is 3.57. The van der Waals surface area contributed by atoms with Crippen molar-refractivity contribution in [2.24, 2.45) is 15.0 Å². The highest BCUT2D eigenvalue weighted by Gasteiger charge is 2.35. The van der Waals surface area contributed by atoms with Gasteiger partial charge in [-0.15, -0.1) is 11.8 Å². The van der Waals surface area contributed by atoms with Crippen molar-refractivity contribution < 1.29 is 4.79 Å². The molecule has 1 aromatic heterocycles. The SMILES string of the molecule is C=NC(=NCCCC(C)=C(C)C)NC(=NC)Nc1ccc2c(n1)NC(=O)C(C)(C)S2. The van der Waals surface area contributed by atoms with Crippen molar-refractivity contribution in [3.63, 3.8) is 0 Å². The molecule has 9 heteroatoms. The number of nitrogens with one attached hydrogen (secondary N) is 3. The molecule has 2 rings (SSSR count). The summed E-state index contributed by atoms with van der Waals surface area (Å²) in [6, 6.07) is 3.77. The number of aromatic nitrogens is 1. The van der Waals surface area contributed by atoms with Crippen LogP contribution in [0.1, 0.15) is 47.5 Å². The van der Waals surface area contributed by atoms with Crippen LogP contribution >= 0.6 is 11.8 Å². The number of hydrogen-bond acceptors (Lipinski definition) is 5. The van der Waals surface area contributed by atoms with Gasteiger partial charge >= 0.3 is 0 Å². The summed E-state index contributed by atoms with van der Waals surface area (Å²) >= 11 is 1.49. The molecule has 0 spiro atoms. The van der Waals surface area contributed by atoms with Crippen LogP contribution in [-0.2, 0) is 4.79 Å². The Balaban J connectivity index is 2.01. The van der Waals surface area contributed by atoms with Crippen molar-refractivity contribution in [1.29, 1.82) is 0 Å². The zero-order valence-electron chi connectivity index (χ0n) is 18.6. The molecule has 0 bridgehead atoms. The lowest BCUT2D eigenvalue weighted by atomic mass is 10.1. The van der Waals surface area contributed by atoms with E-state index >= 15 is 0 Å². The molecule has 2 heterocycles. The first kappa shape index (κ1) is 23.6. The average molecular weight is 430 g/mol. The Morgan fingerprint density at radius 1 is 1.30 bits per heavy atom. The lowest BCUT2D eigenvalue weighted by Crippen LogP contribution is -2.38. The van der Waals surface area contributed by atoms with Crippen LogP contribution < -0.4 is 16.0 Å². The minimum absolute atomic E-state index is 0.0687. The van der Waals surface area contributed by atoms with Crippen LogP contribution in [0, 0.1) is 0 Å². The first-order valence-corrected chi connectivity index (χ1v) is 10.6. The van der Waals surface area contributed by atoms with Crippen LogP contribution in [0.4, 0.5) is 11.6 Å². The van der Waals surface area contributed by atoms with Crippen molar-refractivity contribution in [3.05, 3.63) is 23.3 Å². The van der Waals surface area contributed by atoms with Gasteiger partial charge in [0.05, 0.1) is 9.64 Å². The van der Waals surface area contributed by atoms with E-state index in [9.17, 15) is 4.79 Å². The van der Waals surface area contributed by atoms with Gasteiger partial charge in [0.15, 0.2) is 0 Å². The summed E-state index contributed by atoms with van der Waals surface area (Å²) < 4.78 is -0.521. The topological polar surface area (TPSA) is 103 Å². The van der Waals surface area contributed by atoms with Gasteiger partial charge in [0.2, 0.25) is 17.8 Å². The fourth-order valence-electron chi connectivity index (χ4n) is 2.55. The van der Waals surface area contributed by atoms with Gasteiger partial charge in [-0.2, -0.15) is 0 Å². The number of carbonyl (C=O) groups is 1. The number of carbonyl (C=O) groups excluding carboxylic acids is 1. The van der Waals surface area contributed by atoms with Crippen LogP contribution in [0.15, 0.2) is 43.2 Å². The van der Waals surface area contributed by atoms with Gasteiger partial charge in [-0.05, 0) is 66.3 Å². The highest BCUT2D eigenvalue weighted by atomic mass is 32.2. The summed E-state index contributed by atoms with van der Waals surface area (Å²) in [4.78, 5) is 30.2. The van der Waals surface area contributed by atoms with E-state index in [4.69, 9.17) is 0 Å². The number of pyridine rings is 1. The molecule has 0 radical (unpaired) electrons. The maximum Gasteiger partial charge on any atom is 0.241 e. The molecule has 0 aromatic carbocycles. The Morgan fingerprint density at radius 3 is 2.67 bits per heavy atom. The van der Waals surface area contributed by atoms with E-state index in [2.05, 4.69) is 63.4 Å². The van der Waals surface area contributed by atoms with Gasteiger partial charge in [-0.25, -0.2) is 9.98 Å². The molecule has 8 nitrogen and oxygen atoms in total. The van der Waals surface area contributed by atoms with Gasteiger partial charge in [0, 0.05) is 13.6 Å². The second kappa shape index (κ2) is 10.4. The molecule has 0 aliphatic carbocycles. The molecule has 0 saturated carbocycles. The number of thioether (sulfide) groups is 1. The minimum atomic E-state index is -0.521. The lowest BCUT2D eigenvalue weighted by molar-refractivity contribution is -0.117. The number of fused-ring (bicyclic) bond motifs is 1. The fraction of sp³-hybridized carbons (Fsp3) is 0.476. The van der Waals surface area contributed by atoms with Crippen molar-refractivity contribution in [1.82, 2.24) is 10.3 Å². The molecule has 1 aliphatic heterocycles. The summed E-state index contributed by atoms with van der Waals surface area (Å²) in [6.07, 6.45) is 1.94. The number of hydrogen-bond donors (Lipinski definition) is 3. The smallest absolute Gasteiger partial charge is 0.241 e. The van der Waals surface area contributed by atoms with Gasteiger partial charge in [-0.3, -0.25) is 20.1 Å². The number of rotatable bonds is 5. The second-order valence-electron chi connectivity index (χ2n) is 7.68. The Morgan fingerprint density at radius 2 is 2.03 bits per heavy atom. The molecule has 1 amide bonds. The van der Waals surface area contributed by atoms with E-state index in [1.807, 2.05) is 26.0 Å². The number of aliphatic imine (C=N–C) groups is 3. The Bertz CT molecular complexity index is 899. The van der Waals surface area contributed by atoms with Crippen LogP contribution in [0.5, 0.6) is 0 Å². The molecule has 0 atom stereocenters. The summed E-state index contributed by atoms with van der Waals surface area (Å²) in [5, 5.41) is 8.98. The van der Waals surface area contributed by atoms with Gasteiger partial charge < -0.3 is 10.6 Å². The number of guanidine groups is 2. The highest BCUT2D eigenvalue weighted by Crippen LogP contribution is 2.41.